The molecule has 534 valence electrons. The number of nitrogens with zero attached hydrogens (tertiary/aromatic N) is 13. The Bertz CT molecular complexity index is 4830. The van der Waals surface area contributed by atoms with Gasteiger partial charge in [0.25, 0.3) is 22.6 Å². The normalized spacial score (nSPS) is 30.7. The predicted octanol–water partition coefficient (Wildman–Crippen LogP) is -6.00. The fourth-order valence-corrected chi connectivity index (χ4v) is 17.4. The van der Waals surface area contributed by atoms with Gasteiger partial charge in [0.15, 0.2) is 58.8 Å². The number of aromatic nitrogens is 16. The average molecular weight is 1520 g/mol. The van der Waals surface area contributed by atoms with Crippen LogP contribution in [0.4, 0.5) is 23.7 Å². The number of methoxy groups -OCH3 is 1. The van der Waals surface area contributed by atoms with E-state index in [2.05, 4.69) is 63.4 Å². The number of nitrogen functional groups attached to an aromatic ring is 4. The van der Waals surface area contributed by atoms with Crippen molar-refractivity contribution in [3.8, 4) is 0 Å². The molecular formula is C42H56N20O29P5S2+. The number of aryl methyl sites for hydroxylation is 1. The number of aromatic amines is 3. The van der Waals surface area contributed by atoms with Gasteiger partial charge in [-0.1, -0.05) is 4.98 Å². The summed E-state index contributed by atoms with van der Waals surface area (Å²) in [4.78, 5) is 132. The van der Waals surface area contributed by atoms with Crippen molar-refractivity contribution in [2.75, 3.05) is 56.5 Å². The molecule has 0 radical (unpaired) electrons. The second-order valence-corrected chi connectivity index (χ2v) is 31.8. The van der Waals surface area contributed by atoms with Crippen LogP contribution in [0.1, 0.15) is 24.9 Å². The third-order valence-corrected chi connectivity index (χ3v) is 22.6. The smallest absolute Gasteiger partial charge is 0.387 e. The predicted molar refractivity (Wildman–Crippen MR) is 325 cm³/mol. The van der Waals surface area contributed by atoms with Crippen LogP contribution in [0.15, 0.2) is 46.0 Å². The van der Waals surface area contributed by atoms with Crippen molar-refractivity contribution in [1.82, 2.24) is 73.1 Å². The van der Waals surface area contributed by atoms with Gasteiger partial charge in [0.05, 0.1) is 52.5 Å². The molecule has 4 aliphatic rings. The zero-order valence-electron chi connectivity index (χ0n) is 49.4. The molecule has 0 aromatic carbocycles. The van der Waals surface area contributed by atoms with Crippen LogP contribution < -0.4 is 44.2 Å². The SMILES string of the molecule is COC1C(OP(O)(=S)OCC2OC(n3cnc4c(=O)[nH]c(N)nc43)C(O)C2OP(O)(=S)OCC2OC(n3cnc4c(=O)[nH]c(N)nc43)C(O)C2O)C(COP(=O)(O)OP(=O)(O)OP(=O)(O)OCC2OC([n+]3cn(C)c4c(=O)[nH]c(N)nc43)C(O)C2O)OC1n1cnc2c(N)ncnc21. The second-order valence-electron chi connectivity index (χ2n) is 21.6. The van der Waals surface area contributed by atoms with Crippen molar-refractivity contribution in [3.63, 3.8) is 0 Å². The first kappa shape index (κ1) is 71.7. The van der Waals surface area contributed by atoms with Crippen LogP contribution in [-0.4, -0.2) is 230 Å². The lowest BCUT2D eigenvalue weighted by atomic mass is 10.1. The van der Waals surface area contributed by atoms with E-state index in [4.69, 9.17) is 97.4 Å². The molecule has 8 aromatic rings. The van der Waals surface area contributed by atoms with Crippen molar-refractivity contribution >= 4 is 129 Å². The Morgan fingerprint density at radius 1 is 0.541 bits per heavy atom. The molecule has 0 aliphatic carbocycles. The molecule has 98 heavy (non-hydrogen) atoms. The summed E-state index contributed by atoms with van der Waals surface area (Å²) in [5.41, 5.74) is 20.0. The van der Waals surface area contributed by atoms with Crippen LogP contribution in [0.25, 0.3) is 44.7 Å². The summed E-state index contributed by atoms with van der Waals surface area (Å²) >= 11 is 10.8. The number of hydrogen-bond donors (Lipinski definition) is 17. The van der Waals surface area contributed by atoms with Gasteiger partial charge in [0.1, 0.15) is 85.1 Å². The van der Waals surface area contributed by atoms with E-state index in [0.717, 1.165) is 46.1 Å². The first-order valence-electron chi connectivity index (χ1n) is 27.7. The molecule has 8 aromatic heterocycles. The standard InChI is InChI=1S/C42H55N20O29P5S2/c1-58-11-62(32-19(58)35(70)57-42(46)54-32)37-23(66)20(63)12(85-37)3-80-92(71,72)90-94(75,76)91-93(73,74)81-5-15-26(27(79-2)39(87-15)59-8-49-16-28(43)47-7-48-29(16)59)89-96(78,98)83-6-14-25(24(67)38(86-14)61-10-51-18-31(61)53-41(45)56-34(18)69)88-95(77,97)82-4-13-21(64)22(65)36(84-13)60-9-50-17-30(60)52-40(44)55-33(17)68/h7-15,20-27,36-39,63-67H,3-6H2,1-2H3,(H15-,43,44,45,46,47,48,52,53,54,55,56,57,68,69,70,71,72,73,74,75,76,77,78,97,98)/p+1. The molecule has 4 fully saturated rings. The van der Waals surface area contributed by atoms with Crippen molar-refractivity contribution < 1.29 is 128 Å². The fraction of sp³-hybridized carbons (Fsp3) is 0.524. The zero-order valence-corrected chi connectivity index (χ0v) is 55.5. The van der Waals surface area contributed by atoms with E-state index >= 15 is 0 Å². The summed E-state index contributed by atoms with van der Waals surface area (Å²) < 4.78 is 117. The van der Waals surface area contributed by atoms with E-state index in [0.29, 0.717) is 0 Å². The molecule has 21 N–H and O–H groups in total. The lowest BCUT2D eigenvalue weighted by Gasteiger charge is -2.29. The highest BCUT2D eigenvalue weighted by Gasteiger charge is 2.55. The highest BCUT2D eigenvalue weighted by Crippen LogP contribution is 2.68. The Morgan fingerprint density at radius 2 is 1.00 bits per heavy atom. The number of nitrogens with two attached hydrogens (primary N) is 4. The molecule has 0 saturated carbocycles. The third kappa shape index (κ3) is 14.3. The van der Waals surface area contributed by atoms with Crippen molar-refractivity contribution in [3.05, 3.63) is 62.7 Å². The number of aliphatic hydroxyl groups excluding tert-OH is 5. The minimum absolute atomic E-state index is 0.0114. The Balaban J connectivity index is 0.740. The van der Waals surface area contributed by atoms with Gasteiger partial charge in [-0.3, -0.25) is 65.7 Å². The molecule has 0 spiro atoms. The number of ether oxygens (including phenoxy) is 5. The van der Waals surface area contributed by atoms with E-state index in [9.17, 15) is 78.1 Å². The number of nitrogens with one attached hydrogen (secondary N) is 3. The molecule has 12 rings (SSSR count). The van der Waals surface area contributed by atoms with E-state index in [1.165, 1.54) is 22.5 Å². The summed E-state index contributed by atoms with van der Waals surface area (Å²) in [6.45, 7) is -13.9. The van der Waals surface area contributed by atoms with Gasteiger partial charge >= 0.3 is 42.6 Å². The zero-order chi connectivity index (χ0) is 70.6. The van der Waals surface area contributed by atoms with Crippen LogP contribution >= 0.6 is 36.9 Å². The Kier molecular flexibility index (Phi) is 19.8. The molecule has 21 unspecified atom stereocenters. The summed E-state index contributed by atoms with van der Waals surface area (Å²) in [6, 6.07) is 0. The largest absolute Gasteiger partial charge is 0.490 e. The molecule has 21 atom stereocenters. The maximum absolute atomic E-state index is 13.5. The number of phosphoric acid groups is 3. The minimum atomic E-state index is -6.28. The topological polar surface area (TPSA) is 703 Å². The summed E-state index contributed by atoms with van der Waals surface area (Å²) in [5.74, 6) is -1.15. The minimum Gasteiger partial charge on any atom is -0.387 e. The van der Waals surface area contributed by atoms with E-state index in [-0.39, 0.29) is 62.4 Å². The molecule has 0 bridgehead atoms. The average Bonchev–Trinajstić information content (AvgIpc) is 1.62. The van der Waals surface area contributed by atoms with Gasteiger partial charge in [0.2, 0.25) is 23.6 Å². The van der Waals surface area contributed by atoms with Gasteiger partial charge in [0, 0.05) is 7.11 Å². The molecule has 12 heterocycles. The maximum atomic E-state index is 13.5. The van der Waals surface area contributed by atoms with E-state index in [1.54, 1.807) is 0 Å². The summed E-state index contributed by atoms with van der Waals surface area (Å²) in [7, 11) is -15.7. The highest BCUT2D eigenvalue weighted by atomic mass is 32.5. The van der Waals surface area contributed by atoms with Gasteiger partial charge in [-0.2, -0.15) is 18.6 Å². The van der Waals surface area contributed by atoms with Crippen LogP contribution in [0.5, 0.6) is 0 Å². The lowest BCUT2D eigenvalue weighted by Crippen LogP contribution is -2.46. The fourth-order valence-electron chi connectivity index (χ4n) is 11.0. The number of anilines is 4. The second kappa shape index (κ2) is 27.0. The Labute approximate surface area is 552 Å². The maximum Gasteiger partial charge on any atom is 0.490 e. The van der Waals surface area contributed by atoms with Crippen LogP contribution in [-0.2, 0) is 104 Å². The van der Waals surface area contributed by atoms with E-state index < -0.39 is 184 Å². The number of imidazole rings is 4. The summed E-state index contributed by atoms with van der Waals surface area (Å²) in [5, 5.41) is 55.8. The molecule has 0 amide bonds. The van der Waals surface area contributed by atoms with Crippen LogP contribution in [0.2, 0.25) is 0 Å². The number of fused-ring (bicyclic) bond motifs is 4. The highest BCUT2D eigenvalue weighted by molar-refractivity contribution is 8.07. The van der Waals surface area contributed by atoms with Crippen LogP contribution in [0.3, 0.4) is 0 Å². The van der Waals surface area contributed by atoms with Crippen molar-refractivity contribution in [2.24, 2.45) is 7.05 Å². The molecule has 4 aliphatic heterocycles. The van der Waals surface area contributed by atoms with Crippen molar-refractivity contribution in [2.45, 2.75) is 98.2 Å². The van der Waals surface area contributed by atoms with Crippen LogP contribution in [0, 0.1) is 0 Å². The van der Waals surface area contributed by atoms with Crippen molar-refractivity contribution in [1.29, 1.82) is 0 Å². The number of H-pyrrole nitrogens is 3. The Morgan fingerprint density at radius 3 is 1.59 bits per heavy atom. The van der Waals surface area contributed by atoms with Gasteiger partial charge in [-0.15, -0.1) is 0 Å². The Hall–Kier alpha value is -6.13. The molecule has 56 heteroatoms. The first-order valence-corrected chi connectivity index (χ1v) is 37.4. The summed E-state index contributed by atoms with van der Waals surface area (Å²) in [6.07, 6.45) is -22.0. The monoisotopic (exact) mass is 1520 g/mol. The lowest BCUT2D eigenvalue weighted by molar-refractivity contribution is -0.745. The van der Waals surface area contributed by atoms with Gasteiger partial charge in [-0.25, -0.2) is 43.2 Å². The molecular weight excluding hydrogens is 1470 g/mol. The van der Waals surface area contributed by atoms with Gasteiger partial charge < -0.3 is 106 Å². The molecule has 4 saturated heterocycles. The van der Waals surface area contributed by atoms with Gasteiger partial charge in [-0.05, 0) is 23.6 Å². The first-order chi connectivity index (χ1) is 46.0. The number of rotatable bonds is 25. The molecule has 49 nitrogen and oxygen atoms in total. The quantitative estimate of drug-likeness (QED) is 0.0187. The van der Waals surface area contributed by atoms with E-state index in [1.807, 2.05) is 0 Å². The number of phosphoric ester groups is 2. The number of aliphatic hydroxyl groups is 5. The number of hydrogen-bond acceptors (Lipinski definition) is 38. The third-order valence-electron chi connectivity index (χ3n) is 15.2.